The number of rotatable bonds is 7. The number of amides is 3. The zero-order valence-corrected chi connectivity index (χ0v) is 23.4. The molecule has 1 fully saturated rings. The second-order valence-electron chi connectivity index (χ2n) is 11.0. The standard InChI is InChI=1S/C32H37N5O3/c1-20-6-4-7-24(16-21(20)2)17-31(39)37-15-5-8-29(37)32(40)33-19-23-9-11-25(12-10-23)27-18-28-26(35-27)13-14-30(36-28)34-22(3)38/h4,7,9-14,16,18,20-21,29,35H,5-6,8,15,17,19H2,1-3H3,(H,33,40)(H,34,36,38). The van der Waals surface area contributed by atoms with Crippen molar-refractivity contribution >= 4 is 34.6 Å². The maximum atomic E-state index is 13.2. The molecule has 8 heteroatoms. The van der Waals surface area contributed by atoms with Gasteiger partial charge in [0.2, 0.25) is 17.7 Å². The summed E-state index contributed by atoms with van der Waals surface area (Å²) in [6, 6.07) is 13.2. The van der Waals surface area contributed by atoms with Gasteiger partial charge in [0.15, 0.2) is 0 Å². The highest BCUT2D eigenvalue weighted by Crippen LogP contribution is 2.27. The number of aromatic nitrogens is 2. The van der Waals surface area contributed by atoms with Crippen molar-refractivity contribution < 1.29 is 14.4 Å². The fourth-order valence-electron chi connectivity index (χ4n) is 5.46. The van der Waals surface area contributed by atoms with E-state index in [0.29, 0.717) is 43.6 Å². The third kappa shape index (κ3) is 6.33. The maximum absolute atomic E-state index is 13.2. The van der Waals surface area contributed by atoms with Gasteiger partial charge in [-0.05, 0) is 66.0 Å². The van der Waals surface area contributed by atoms with Gasteiger partial charge in [-0.3, -0.25) is 14.4 Å². The van der Waals surface area contributed by atoms with Crippen molar-refractivity contribution in [3.05, 3.63) is 71.8 Å². The topological polar surface area (TPSA) is 107 Å². The quantitative estimate of drug-likeness (QED) is 0.377. The summed E-state index contributed by atoms with van der Waals surface area (Å²) < 4.78 is 0. The highest BCUT2D eigenvalue weighted by molar-refractivity contribution is 5.91. The van der Waals surface area contributed by atoms with E-state index in [0.717, 1.165) is 46.3 Å². The van der Waals surface area contributed by atoms with Gasteiger partial charge in [0.25, 0.3) is 0 Å². The van der Waals surface area contributed by atoms with Crippen LogP contribution in [-0.4, -0.2) is 45.2 Å². The molecule has 208 valence electrons. The first kappa shape index (κ1) is 27.4. The number of pyridine rings is 1. The predicted octanol–water partition coefficient (Wildman–Crippen LogP) is 5.34. The third-order valence-electron chi connectivity index (χ3n) is 7.96. The lowest BCUT2D eigenvalue weighted by molar-refractivity contribution is -0.138. The molecule has 2 aromatic heterocycles. The molecular formula is C32H37N5O3. The maximum Gasteiger partial charge on any atom is 0.243 e. The van der Waals surface area contributed by atoms with E-state index in [2.05, 4.69) is 52.7 Å². The first-order chi connectivity index (χ1) is 19.3. The molecular weight excluding hydrogens is 502 g/mol. The Labute approximate surface area is 234 Å². The number of allylic oxidation sites excluding steroid dienone is 3. The summed E-state index contributed by atoms with van der Waals surface area (Å²) in [5, 5.41) is 5.74. The van der Waals surface area contributed by atoms with Crippen LogP contribution in [0.15, 0.2) is 66.3 Å². The van der Waals surface area contributed by atoms with Crippen molar-refractivity contribution in [2.45, 2.75) is 59.0 Å². The zero-order valence-electron chi connectivity index (χ0n) is 23.4. The number of aromatic amines is 1. The SMILES string of the molecule is CC(=O)Nc1ccc2[nH]c(-c3ccc(CNC(=O)C4CCCN4C(=O)CC4=CC(C)C(C)CC=C4)cc3)cc2n1. The van der Waals surface area contributed by atoms with Crippen molar-refractivity contribution in [1.82, 2.24) is 20.2 Å². The van der Waals surface area contributed by atoms with Crippen LogP contribution >= 0.6 is 0 Å². The van der Waals surface area contributed by atoms with Crippen LogP contribution in [0.5, 0.6) is 0 Å². The van der Waals surface area contributed by atoms with Crippen LogP contribution in [0.1, 0.15) is 52.0 Å². The number of hydrogen-bond donors (Lipinski definition) is 3. The number of nitrogens with zero attached hydrogens (tertiary/aromatic N) is 2. The summed E-state index contributed by atoms with van der Waals surface area (Å²) in [6.45, 7) is 6.91. The van der Waals surface area contributed by atoms with Gasteiger partial charge in [0.1, 0.15) is 11.9 Å². The van der Waals surface area contributed by atoms with E-state index in [9.17, 15) is 14.4 Å². The monoisotopic (exact) mass is 539 g/mol. The van der Waals surface area contributed by atoms with Crippen molar-refractivity contribution in [2.75, 3.05) is 11.9 Å². The number of anilines is 1. The molecule has 0 saturated carbocycles. The first-order valence-electron chi connectivity index (χ1n) is 14.1. The Morgan fingerprint density at radius 1 is 1.10 bits per heavy atom. The third-order valence-corrected chi connectivity index (χ3v) is 7.96. The average Bonchev–Trinajstić information content (AvgIpc) is 3.55. The van der Waals surface area contributed by atoms with Crippen LogP contribution in [0.25, 0.3) is 22.3 Å². The van der Waals surface area contributed by atoms with Gasteiger partial charge in [-0.25, -0.2) is 4.98 Å². The zero-order chi connectivity index (χ0) is 28.2. The minimum Gasteiger partial charge on any atom is -0.353 e. The number of nitrogens with one attached hydrogen (secondary N) is 3. The molecule has 1 aromatic carbocycles. The Morgan fingerprint density at radius 3 is 2.67 bits per heavy atom. The summed E-state index contributed by atoms with van der Waals surface area (Å²) in [4.78, 5) is 47.2. The summed E-state index contributed by atoms with van der Waals surface area (Å²) in [5.74, 6) is 1.27. The number of carbonyl (C=O) groups is 3. The number of likely N-dealkylation sites (tertiary alicyclic amines) is 1. The molecule has 3 heterocycles. The molecule has 1 aliphatic carbocycles. The average molecular weight is 540 g/mol. The molecule has 0 bridgehead atoms. The van der Waals surface area contributed by atoms with E-state index < -0.39 is 6.04 Å². The smallest absolute Gasteiger partial charge is 0.243 e. The van der Waals surface area contributed by atoms with E-state index in [1.165, 1.54) is 6.92 Å². The van der Waals surface area contributed by atoms with Crippen LogP contribution in [0.3, 0.4) is 0 Å². The number of carbonyl (C=O) groups excluding carboxylic acids is 3. The normalized spacial score (nSPS) is 20.7. The minimum absolute atomic E-state index is 0.0247. The minimum atomic E-state index is -0.417. The van der Waals surface area contributed by atoms with Crippen LogP contribution in [-0.2, 0) is 20.9 Å². The Bertz CT molecular complexity index is 1470. The highest BCUT2D eigenvalue weighted by Gasteiger charge is 2.34. The van der Waals surface area contributed by atoms with Crippen LogP contribution in [0.4, 0.5) is 5.82 Å². The molecule has 3 N–H and O–H groups in total. The van der Waals surface area contributed by atoms with E-state index in [-0.39, 0.29) is 17.7 Å². The number of H-pyrrole nitrogens is 1. The Hall–Kier alpha value is -4.20. The number of benzene rings is 1. The van der Waals surface area contributed by atoms with E-state index in [4.69, 9.17) is 0 Å². The molecule has 3 amide bonds. The molecule has 0 spiro atoms. The molecule has 1 aliphatic heterocycles. The summed E-state index contributed by atoms with van der Waals surface area (Å²) in [5.41, 5.74) is 5.59. The molecule has 40 heavy (non-hydrogen) atoms. The Morgan fingerprint density at radius 2 is 1.90 bits per heavy atom. The van der Waals surface area contributed by atoms with Gasteiger partial charge >= 0.3 is 0 Å². The molecule has 1 saturated heterocycles. The molecule has 8 nitrogen and oxygen atoms in total. The van der Waals surface area contributed by atoms with Crippen LogP contribution < -0.4 is 10.6 Å². The van der Waals surface area contributed by atoms with E-state index >= 15 is 0 Å². The number of hydrogen-bond acceptors (Lipinski definition) is 4. The lowest BCUT2D eigenvalue weighted by atomic mass is 9.93. The molecule has 0 radical (unpaired) electrons. The lowest BCUT2D eigenvalue weighted by Crippen LogP contribution is -2.45. The van der Waals surface area contributed by atoms with Crippen LogP contribution in [0.2, 0.25) is 0 Å². The second-order valence-corrected chi connectivity index (χ2v) is 11.0. The molecule has 2 aliphatic rings. The fraction of sp³-hybridized carbons (Fsp3) is 0.375. The van der Waals surface area contributed by atoms with E-state index in [1.807, 2.05) is 36.4 Å². The highest BCUT2D eigenvalue weighted by atomic mass is 16.2. The van der Waals surface area contributed by atoms with Gasteiger partial charge in [0.05, 0.1) is 17.5 Å². The molecule has 3 aromatic rings. The lowest BCUT2D eigenvalue weighted by Gasteiger charge is -2.24. The Kier molecular flexibility index (Phi) is 8.14. The van der Waals surface area contributed by atoms with Crippen molar-refractivity contribution in [2.24, 2.45) is 11.8 Å². The molecule has 3 atom stereocenters. The summed E-state index contributed by atoms with van der Waals surface area (Å²) in [7, 11) is 0. The fourth-order valence-corrected chi connectivity index (χ4v) is 5.46. The van der Waals surface area contributed by atoms with Gasteiger partial charge < -0.3 is 20.5 Å². The van der Waals surface area contributed by atoms with Gasteiger partial charge in [-0.1, -0.05) is 56.3 Å². The summed E-state index contributed by atoms with van der Waals surface area (Å²) in [6.07, 6.45) is 9.33. The second kappa shape index (κ2) is 11.9. The van der Waals surface area contributed by atoms with E-state index in [1.54, 1.807) is 11.0 Å². The van der Waals surface area contributed by atoms with Crippen molar-refractivity contribution in [3.8, 4) is 11.3 Å². The van der Waals surface area contributed by atoms with Gasteiger partial charge in [0, 0.05) is 25.7 Å². The first-order valence-corrected chi connectivity index (χ1v) is 14.1. The molecule has 3 unspecified atom stereocenters. The predicted molar refractivity (Wildman–Crippen MR) is 157 cm³/mol. The number of fused-ring (bicyclic) bond motifs is 1. The van der Waals surface area contributed by atoms with Crippen molar-refractivity contribution in [1.29, 1.82) is 0 Å². The van der Waals surface area contributed by atoms with Gasteiger partial charge in [-0.15, -0.1) is 0 Å². The van der Waals surface area contributed by atoms with Crippen LogP contribution in [0, 0.1) is 11.8 Å². The Balaban J connectivity index is 1.18. The van der Waals surface area contributed by atoms with Crippen molar-refractivity contribution in [3.63, 3.8) is 0 Å². The van der Waals surface area contributed by atoms with Gasteiger partial charge in [-0.2, -0.15) is 0 Å². The summed E-state index contributed by atoms with van der Waals surface area (Å²) >= 11 is 0. The molecule has 5 rings (SSSR count). The largest absolute Gasteiger partial charge is 0.353 e.